The smallest absolute Gasteiger partial charge is 0.225 e. The quantitative estimate of drug-likeness (QED) is 0.719. The first-order valence-electron chi connectivity index (χ1n) is 8.52. The van der Waals surface area contributed by atoms with Crippen molar-refractivity contribution in [2.45, 2.75) is 33.2 Å². The Morgan fingerprint density at radius 3 is 2.72 bits per heavy atom. The third-order valence-electron chi connectivity index (χ3n) is 3.82. The molecule has 25 heavy (non-hydrogen) atoms. The Kier molecular flexibility index (Phi) is 5.28. The molecule has 1 amide bonds. The first-order chi connectivity index (χ1) is 12.1. The molecule has 0 saturated carbocycles. The summed E-state index contributed by atoms with van der Waals surface area (Å²) in [6.45, 7) is 5.03. The van der Waals surface area contributed by atoms with Gasteiger partial charge in [-0.15, -0.1) is 0 Å². The lowest BCUT2D eigenvalue weighted by atomic mass is 10.2. The van der Waals surface area contributed by atoms with Crippen LogP contribution in [0.4, 0.5) is 5.82 Å². The standard InChI is InChI=1S/C19H23N5O/c1-15(2)13-24-18(10-11-20-24)22-19(25)9-8-16-12-21-23(14-16)17-6-4-3-5-7-17/h3-7,10-12,14-15H,8-9,13H2,1-2H3,(H,22,25). The molecule has 0 radical (unpaired) electrons. The normalized spacial score (nSPS) is 11.0. The summed E-state index contributed by atoms with van der Waals surface area (Å²) in [5.74, 6) is 1.20. The lowest BCUT2D eigenvalue weighted by Gasteiger charge is -2.10. The summed E-state index contributed by atoms with van der Waals surface area (Å²) in [6.07, 6.45) is 6.54. The highest BCUT2D eigenvalue weighted by Gasteiger charge is 2.09. The van der Waals surface area contributed by atoms with Gasteiger partial charge in [-0.2, -0.15) is 10.2 Å². The van der Waals surface area contributed by atoms with Crippen molar-refractivity contribution in [1.29, 1.82) is 0 Å². The fourth-order valence-electron chi connectivity index (χ4n) is 2.60. The van der Waals surface area contributed by atoms with Crippen LogP contribution in [-0.4, -0.2) is 25.5 Å². The number of anilines is 1. The van der Waals surface area contributed by atoms with E-state index in [1.165, 1.54) is 0 Å². The Morgan fingerprint density at radius 1 is 1.16 bits per heavy atom. The van der Waals surface area contributed by atoms with Gasteiger partial charge in [0.05, 0.1) is 18.1 Å². The van der Waals surface area contributed by atoms with Crippen LogP contribution in [0.15, 0.2) is 55.0 Å². The van der Waals surface area contributed by atoms with Crippen LogP contribution in [0.3, 0.4) is 0 Å². The first-order valence-corrected chi connectivity index (χ1v) is 8.52. The van der Waals surface area contributed by atoms with Crippen molar-refractivity contribution in [3.8, 4) is 5.69 Å². The zero-order chi connectivity index (χ0) is 17.6. The number of rotatable bonds is 7. The van der Waals surface area contributed by atoms with Crippen LogP contribution >= 0.6 is 0 Å². The number of para-hydroxylation sites is 1. The highest BCUT2D eigenvalue weighted by Crippen LogP contribution is 2.12. The summed E-state index contributed by atoms with van der Waals surface area (Å²) >= 11 is 0. The molecular formula is C19H23N5O. The van der Waals surface area contributed by atoms with Crippen LogP contribution in [0, 0.1) is 5.92 Å². The number of hydrogen-bond donors (Lipinski definition) is 1. The third-order valence-corrected chi connectivity index (χ3v) is 3.82. The second-order valence-electron chi connectivity index (χ2n) is 6.47. The molecule has 2 heterocycles. The van der Waals surface area contributed by atoms with E-state index in [1.54, 1.807) is 6.20 Å². The van der Waals surface area contributed by atoms with Gasteiger partial charge in [-0.3, -0.25) is 4.79 Å². The van der Waals surface area contributed by atoms with Crippen molar-refractivity contribution >= 4 is 11.7 Å². The molecule has 0 unspecified atom stereocenters. The van der Waals surface area contributed by atoms with Crippen LogP contribution in [0.5, 0.6) is 0 Å². The molecule has 0 atom stereocenters. The summed E-state index contributed by atoms with van der Waals surface area (Å²) in [5, 5.41) is 11.5. The van der Waals surface area contributed by atoms with Crippen LogP contribution < -0.4 is 5.32 Å². The second-order valence-corrected chi connectivity index (χ2v) is 6.47. The summed E-state index contributed by atoms with van der Waals surface area (Å²) in [5.41, 5.74) is 2.05. The largest absolute Gasteiger partial charge is 0.311 e. The number of benzene rings is 1. The predicted octanol–water partition coefficient (Wildman–Crippen LogP) is 3.30. The van der Waals surface area contributed by atoms with E-state index in [2.05, 4.69) is 29.4 Å². The average Bonchev–Trinajstić information content (AvgIpc) is 3.23. The summed E-state index contributed by atoms with van der Waals surface area (Å²) in [6, 6.07) is 11.8. The minimum atomic E-state index is -0.0158. The predicted molar refractivity (Wildman–Crippen MR) is 97.6 cm³/mol. The van der Waals surface area contributed by atoms with E-state index in [1.807, 2.05) is 58.2 Å². The van der Waals surface area contributed by atoms with Gasteiger partial charge in [0.1, 0.15) is 5.82 Å². The third kappa shape index (κ3) is 4.56. The maximum Gasteiger partial charge on any atom is 0.225 e. The molecule has 1 aromatic carbocycles. The van der Waals surface area contributed by atoms with Gasteiger partial charge in [0.2, 0.25) is 5.91 Å². The molecule has 0 saturated heterocycles. The molecule has 1 N–H and O–H groups in total. The Morgan fingerprint density at radius 2 is 1.96 bits per heavy atom. The van der Waals surface area contributed by atoms with E-state index in [-0.39, 0.29) is 5.91 Å². The fourth-order valence-corrected chi connectivity index (χ4v) is 2.60. The van der Waals surface area contributed by atoms with Crippen LogP contribution in [0.1, 0.15) is 25.8 Å². The van der Waals surface area contributed by atoms with Crippen LogP contribution in [0.25, 0.3) is 5.69 Å². The number of carbonyl (C=O) groups is 1. The first kappa shape index (κ1) is 17.0. The van der Waals surface area contributed by atoms with Gasteiger partial charge in [0.25, 0.3) is 0 Å². The second kappa shape index (κ2) is 7.79. The molecule has 0 aliphatic rings. The van der Waals surface area contributed by atoms with Crippen molar-refractivity contribution in [1.82, 2.24) is 19.6 Å². The number of nitrogens with one attached hydrogen (secondary N) is 1. The maximum absolute atomic E-state index is 12.2. The Hall–Kier alpha value is -2.89. The molecule has 3 rings (SSSR count). The SMILES string of the molecule is CC(C)Cn1nccc1NC(=O)CCc1cnn(-c2ccccc2)c1. The van der Waals surface area contributed by atoms with Gasteiger partial charge in [-0.25, -0.2) is 9.36 Å². The van der Waals surface area contributed by atoms with Gasteiger partial charge < -0.3 is 5.32 Å². The van der Waals surface area contributed by atoms with Gasteiger partial charge in [-0.1, -0.05) is 32.0 Å². The van der Waals surface area contributed by atoms with Crippen molar-refractivity contribution in [2.24, 2.45) is 5.92 Å². The molecule has 2 aromatic heterocycles. The molecule has 6 heteroatoms. The van der Waals surface area contributed by atoms with Crippen molar-refractivity contribution < 1.29 is 4.79 Å². The zero-order valence-corrected chi connectivity index (χ0v) is 14.6. The fraction of sp³-hybridized carbons (Fsp3) is 0.316. The minimum absolute atomic E-state index is 0.0158. The summed E-state index contributed by atoms with van der Waals surface area (Å²) in [4.78, 5) is 12.2. The maximum atomic E-state index is 12.2. The van der Waals surface area contributed by atoms with Crippen LogP contribution in [-0.2, 0) is 17.8 Å². The van der Waals surface area contributed by atoms with E-state index in [0.29, 0.717) is 18.8 Å². The van der Waals surface area contributed by atoms with Gasteiger partial charge in [0.15, 0.2) is 0 Å². The Bertz CT molecular complexity index is 819. The van der Waals surface area contributed by atoms with E-state index < -0.39 is 0 Å². The van der Waals surface area contributed by atoms with Crippen molar-refractivity contribution in [2.75, 3.05) is 5.32 Å². The Balaban J connectivity index is 1.55. The molecule has 0 aliphatic carbocycles. The summed E-state index contributed by atoms with van der Waals surface area (Å²) in [7, 11) is 0. The number of aryl methyl sites for hydroxylation is 1. The number of carbonyl (C=O) groups excluding carboxylic acids is 1. The topological polar surface area (TPSA) is 64.7 Å². The Labute approximate surface area is 147 Å². The van der Waals surface area contributed by atoms with Gasteiger partial charge in [-0.05, 0) is 30.0 Å². The number of amides is 1. The van der Waals surface area contributed by atoms with Crippen molar-refractivity contribution in [3.63, 3.8) is 0 Å². The number of nitrogens with zero attached hydrogens (tertiary/aromatic N) is 4. The van der Waals surface area contributed by atoms with Crippen molar-refractivity contribution in [3.05, 3.63) is 60.6 Å². The number of hydrogen-bond acceptors (Lipinski definition) is 3. The monoisotopic (exact) mass is 337 g/mol. The summed E-state index contributed by atoms with van der Waals surface area (Å²) < 4.78 is 3.65. The molecule has 130 valence electrons. The number of aromatic nitrogens is 4. The molecule has 0 bridgehead atoms. The lowest BCUT2D eigenvalue weighted by molar-refractivity contribution is -0.116. The van der Waals surface area contributed by atoms with E-state index >= 15 is 0 Å². The van der Waals surface area contributed by atoms with E-state index in [4.69, 9.17) is 0 Å². The molecule has 0 fully saturated rings. The molecule has 0 aliphatic heterocycles. The van der Waals surface area contributed by atoms with Gasteiger partial charge >= 0.3 is 0 Å². The molecule has 3 aromatic rings. The van der Waals surface area contributed by atoms with E-state index in [0.717, 1.165) is 23.6 Å². The molecular weight excluding hydrogens is 314 g/mol. The zero-order valence-electron chi connectivity index (χ0n) is 14.6. The van der Waals surface area contributed by atoms with E-state index in [9.17, 15) is 4.79 Å². The highest BCUT2D eigenvalue weighted by molar-refractivity contribution is 5.89. The molecule has 0 spiro atoms. The average molecular weight is 337 g/mol. The molecule has 6 nitrogen and oxygen atoms in total. The minimum Gasteiger partial charge on any atom is -0.311 e. The van der Waals surface area contributed by atoms with Gasteiger partial charge in [0, 0.05) is 25.2 Å². The highest BCUT2D eigenvalue weighted by atomic mass is 16.1. The lowest BCUT2D eigenvalue weighted by Crippen LogP contribution is -2.17. The van der Waals surface area contributed by atoms with Crippen LogP contribution in [0.2, 0.25) is 0 Å².